The van der Waals surface area contributed by atoms with Gasteiger partial charge in [-0.15, -0.1) is 11.3 Å². The van der Waals surface area contributed by atoms with Gasteiger partial charge in [-0.25, -0.2) is 4.39 Å². The Kier molecular flexibility index (Phi) is 3.99. The predicted octanol–water partition coefficient (Wildman–Crippen LogP) is 3.66. The molecule has 2 N–H and O–H groups in total. The smallest absolute Gasteiger partial charge is 0.129 e. The summed E-state index contributed by atoms with van der Waals surface area (Å²) in [5.74, 6) is -0.236. The fraction of sp³-hybridized carbons (Fsp3) is 0.286. The molecular weight excluding hydrogens is 247 g/mol. The maximum absolute atomic E-state index is 13.7. The number of hydrogen-bond donors (Lipinski definition) is 1. The standard InChI is InChI=1S/C14H17FN2S/c1-10(14-7-4-8-18-14)17(2)9-11-12(15)5-3-6-13(11)16/h3-8,10H,9,16H2,1-2H3. The fourth-order valence-corrected chi connectivity index (χ4v) is 2.72. The van der Waals surface area contributed by atoms with Crippen LogP contribution in [-0.4, -0.2) is 11.9 Å². The Bertz CT molecular complexity index is 490. The minimum atomic E-state index is -0.236. The SMILES string of the molecule is CC(c1cccs1)N(C)Cc1c(N)cccc1F. The normalized spacial score (nSPS) is 12.9. The number of halogens is 1. The second kappa shape index (κ2) is 5.50. The first-order chi connectivity index (χ1) is 8.59. The molecule has 0 aliphatic heterocycles. The van der Waals surface area contributed by atoms with Crippen LogP contribution in [0.3, 0.4) is 0 Å². The van der Waals surface area contributed by atoms with E-state index in [0.717, 1.165) is 0 Å². The van der Waals surface area contributed by atoms with E-state index in [1.54, 1.807) is 23.5 Å². The molecule has 1 aromatic carbocycles. The number of nitrogen functional groups attached to an aromatic ring is 1. The van der Waals surface area contributed by atoms with Gasteiger partial charge in [-0.3, -0.25) is 4.90 Å². The Labute approximate surface area is 111 Å². The third-order valence-corrected chi connectivity index (χ3v) is 4.22. The predicted molar refractivity (Wildman–Crippen MR) is 75.0 cm³/mol. The molecule has 0 saturated carbocycles. The van der Waals surface area contributed by atoms with Crippen LogP contribution >= 0.6 is 11.3 Å². The summed E-state index contributed by atoms with van der Waals surface area (Å²) >= 11 is 1.71. The Balaban J connectivity index is 2.14. The number of rotatable bonds is 4. The van der Waals surface area contributed by atoms with Crippen molar-refractivity contribution in [1.29, 1.82) is 0 Å². The van der Waals surface area contributed by atoms with Crippen LogP contribution in [0.15, 0.2) is 35.7 Å². The third kappa shape index (κ3) is 2.71. The van der Waals surface area contributed by atoms with Crippen molar-refractivity contribution in [3.05, 3.63) is 52.0 Å². The molecule has 0 amide bonds. The van der Waals surface area contributed by atoms with E-state index >= 15 is 0 Å². The summed E-state index contributed by atoms with van der Waals surface area (Å²) in [4.78, 5) is 3.37. The zero-order chi connectivity index (χ0) is 13.1. The van der Waals surface area contributed by atoms with Crippen LogP contribution in [0.5, 0.6) is 0 Å². The fourth-order valence-electron chi connectivity index (χ4n) is 1.87. The largest absolute Gasteiger partial charge is 0.398 e. The van der Waals surface area contributed by atoms with Gasteiger partial charge in [-0.2, -0.15) is 0 Å². The molecule has 2 rings (SSSR count). The molecule has 2 nitrogen and oxygen atoms in total. The lowest BCUT2D eigenvalue weighted by Crippen LogP contribution is -2.22. The van der Waals surface area contributed by atoms with E-state index in [1.165, 1.54) is 10.9 Å². The molecule has 0 radical (unpaired) electrons. The summed E-state index contributed by atoms with van der Waals surface area (Å²) in [6.07, 6.45) is 0. The second-order valence-corrected chi connectivity index (χ2v) is 5.39. The highest BCUT2D eigenvalue weighted by Crippen LogP contribution is 2.26. The molecule has 0 aliphatic rings. The molecule has 0 spiro atoms. The molecule has 1 aromatic heterocycles. The Morgan fingerprint density at radius 1 is 1.33 bits per heavy atom. The Morgan fingerprint density at radius 2 is 2.11 bits per heavy atom. The lowest BCUT2D eigenvalue weighted by atomic mass is 10.1. The van der Waals surface area contributed by atoms with Gasteiger partial charge in [0, 0.05) is 28.7 Å². The number of anilines is 1. The van der Waals surface area contributed by atoms with E-state index in [4.69, 9.17) is 5.73 Å². The first-order valence-electron chi connectivity index (χ1n) is 5.86. The second-order valence-electron chi connectivity index (χ2n) is 4.41. The maximum atomic E-state index is 13.7. The molecule has 18 heavy (non-hydrogen) atoms. The number of benzene rings is 1. The van der Waals surface area contributed by atoms with Crippen molar-refractivity contribution in [2.24, 2.45) is 0 Å². The van der Waals surface area contributed by atoms with E-state index in [-0.39, 0.29) is 11.9 Å². The summed E-state index contributed by atoms with van der Waals surface area (Å²) in [6.45, 7) is 2.63. The van der Waals surface area contributed by atoms with Gasteiger partial charge in [0.2, 0.25) is 0 Å². The average Bonchev–Trinajstić information content (AvgIpc) is 2.86. The minimum absolute atomic E-state index is 0.236. The quantitative estimate of drug-likeness (QED) is 0.854. The van der Waals surface area contributed by atoms with E-state index < -0.39 is 0 Å². The Morgan fingerprint density at radius 3 is 2.72 bits per heavy atom. The van der Waals surface area contributed by atoms with Crippen LogP contribution in [-0.2, 0) is 6.54 Å². The molecule has 96 valence electrons. The van der Waals surface area contributed by atoms with Crippen LogP contribution < -0.4 is 5.73 Å². The van der Waals surface area contributed by atoms with Gasteiger partial charge in [0.25, 0.3) is 0 Å². The van der Waals surface area contributed by atoms with E-state index in [0.29, 0.717) is 17.8 Å². The Hall–Kier alpha value is -1.39. The zero-order valence-electron chi connectivity index (χ0n) is 10.6. The molecule has 1 unspecified atom stereocenters. The number of nitrogens with zero attached hydrogens (tertiary/aromatic N) is 1. The summed E-state index contributed by atoms with van der Waals surface area (Å²) in [5, 5.41) is 2.05. The molecule has 0 saturated heterocycles. The monoisotopic (exact) mass is 264 g/mol. The van der Waals surface area contributed by atoms with Crippen LogP contribution in [0.2, 0.25) is 0 Å². The van der Waals surface area contributed by atoms with Crippen LogP contribution in [0, 0.1) is 5.82 Å². The van der Waals surface area contributed by atoms with Crippen LogP contribution in [0.1, 0.15) is 23.4 Å². The number of nitrogens with two attached hydrogens (primary N) is 1. The molecule has 4 heteroatoms. The van der Waals surface area contributed by atoms with Crippen molar-refractivity contribution in [1.82, 2.24) is 4.90 Å². The van der Waals surface area contributed by atoms with E-state index in [2.05, 4.69) is 23.3 Å². The highest BCUT2D eigenvalue weighted by Gasteiger charge is 2.15. The van der Waals surface area contributed by atoms with Gasteiger partial charge >= 0.3 is 0 Å². The minimum Gasteiger partial charge on any atom is -0.398 e. The average molecular weight is 264 g/mol. The van der Waals surface area contributed by atoms with Crippen molar-refractivity contribution >= 4 is 17.0 Å². The van der Waals surface area contributed by atoms with Gasteiger partial charge in [0.15, 0.2) is 0 Å². The van der Waals surface area contributed by atoms with E-state index in [9.17, 15) is 4.39 Å². The van der Waals surface area contributed by atoms with Crippen molar-refractivity contribution in [3.63, 3.8) is 0 Å². The maximum Gasteiger partial charge on any atom is 0.129 e. The van der Waals surface area contributed by atoms with Crippen molar-refractivity contribution < 1.29 is 4.39 Å². The molecule has 1 atom stereocenters. The van der Waals surface area contributed by atoms with Gasteiger partial charge in [-0.05, 0) is 37.6 Å². The molecular formula is C14H17FN2S. The van der Waals surface area contributed by atoms with Crippen molar-refractivity contribution in [2.45, 2.75) is 19.5 Å². The van der Waals surface area contributed by atoms with Crippen molar-refractivity contribution in [3.8, 4) is 0 Å². The molecule has 0 aliphatic carbocycles. The van der Waals surface area contributed by atoms with Gasteiger partial charge < -0.3 is 5.73 Å². The topological polar surface area (TPSA) is 29.3 Å². The number of hydrogen-bond acceptors (Lipinski definition) is 3. The first-order valence-corrected chi connectivity index (χ1v) is 6.74. The van der Waals surface area contributed by atoms with Crippen LogP contribution in [0.4, 0.5) is 10.1 Å². The molecule has 2 aromatic rings. The molecule has 1 heterocycles. The van der Waals surface area contributed by atoms with Crippen molar-refractivity contribution in [2.75, 3.05) is 12.8 Å². The van der Waals surface area contributed by atoms with Crippen LogP contribution in [0.25, 0.3) is 0 Å². The third-order valence-electron chi connectivity index (χ3n) is 3.18. The summed E-state index contributed by atoms with van der Waals surface area (Å²) in [6, 6.07) is 9.20. The summed E-state index contributed by atoms with van der Waals surface area (Å²) in [7, 11) is 1.98. The molecule has 0 bridgehead atoms. The molecule has 0 fully saturated rings. The van der Waals surface area contributed by atoms with Gasteiger partial charge in [-0.1, -0.05) is 12.1 Å². The lowest BCUT2D eigenvalue weighted by Gasteiger charge is -2.24. The van der Waals surface area contributed by atoms with Gasteiger partial charge in [0.1, 0.15) is 5.82 Å². The zero-order valence-corrected chi connectivity index (χ0v) is 11.4. The van der Waals surface area contributed by atoms with Gasteiger partial charge in [0.05, 0.1) is 0 Å². The lowest BCUT2D eigenvalue weighted by molar-refractivity contribution is 0.253. The summed E-state index contributed by atoms with van der Waals surface area (Å²) < 4.78 is 13.7. The highest BCUT2D eigenvalue weighted by molar-refractivity contribution is 7.10. The van der Waals surface area contributed by atoms with E-state index in [1.807, 2.05) is 13.1 Å². The highest BCUT2D eigenvalue weighted by atomic mass is 32.1. The first kappa shape index (κ1) is 13.1. The summed E-state index contributed by atoms with van der Waals surface area (Å²) in [5.41, 5.74) is 6.91. The number of thiophene rings is 1.